The third-order valence-corrected chi connectivity index (χ3v) is 3.49. The van der Waals surface area contributed by atoms with Gasteiger partial charge in [-0.15, -0.1) is 0 Å². The Labute approximate surface area is 96.0 Å². The smallest absolute Gasteiger partial charge is 0.0148 e. The van der Waals surface area contributed by atoms with Gasteiger partial charge in [0.2, 0.25) is 0 Å². The quantitative estimate of drug-likeness (QED) is 0.549. The van der Waals surface area contributed by atoms with Crippen molar-refractivity contribution in [2.45, 2.75) is 71.3 Å². The second kappa shape index (κ2) is 9.17. The van der Waals surface area contributed by atoms with Gasteiger partial charge in [-0.2, -0.15) is 0 Å². The maximum absolute atomic E-state index is 5.45. The van der Waals surface area contributed by atoms with Crippen LogP contribution in [0.15, 0.2) is 0 Å². The average molecular weight is 214 g/mol. The van der Waals surface area contributed by atoms with Crippen LogP contribution in [0.5, 0.6) is 0 Å². The van der Waals surface area contributed by atoms with Crippen LogP contribution in [0, 0.1) is 0 Å². The highest BCUT2D eigenvalue weighted by Gasteiger charge is 2.17. The molecule has 2 nitrogen and oxygen atoms in total. The summed E-state index contributed by atoms with van der Waals surface area (Å²) in [5, 5.41) is 3.66. The normalized spacial score (nSPS) is 12.0. The molecule has 0 aromatic carbocycles. The minimum Gasteiger partial charge on any atom is -0.330 e. The largest absolute Gasteiger partial charge is 0.330 e. The first kappa shape index (κ1) is 14.9. The van der Waals surface area contributed by atoms with Gasteiger partial charge in [-0.05, 0) is 45.7 Å². The standard InChI is InChI=1S/C13H30N2/c1-4-13(3,5-2)15-12-10-8-6-7-9-11-14/h15H,4-12,14H2,1-3H3. The van der Waals surface area contributed by atoms with Crippen molar-refractivity contribution in [1.82, 2.24) is 5.32 Å². The van der Waals surface area contributed by atoms with Crippen molar-refractivity contribution in [3.8, 4) is 0 Å². The summed E-state index contributed by atoms with van der Waals surface area (Å²) in [6.45, 7) is 8.86. The van der Waals surface area contributed by atoms with Crippen LogP contribution < -0.4 is 11.1 Å². The summed E-state index contributed by atoms with van der Waals surface area (Å²) in [5.41, 5.74) is 5.81. The summed E-state index contributed by atoms with van der Waals surface area (Å²) in [4.78, 5) is 0. The lowest BCUT2D eigenvalue weighted by Crippen LogP contribution is -2.41. The van der Waals surface area contributed by atoms with Crippen molar-refractivity contribution in [1.29, 1.82) is 0 Å². The number of rotatable bonds is 10. The molecule has 0 aliphatic carbocycles. The van der Waals surface area contributed by atoms with Crippen molar-refractivity contribution in [2.24, 2.45) is 5.73 Å². The number of hydrogen-bond acceptors (Lipinski definition) is 2. The van der Waals surface area contributed by atoms with Gasteiger partial charge in [0.15, 0.2) is 0 Å². The molecule has 2 heteroatoms. The Hall–Kier alpha value is -0.0800. The molecule has 0 aliphatic rings. The minimum atomic E-state index is 0.358. The zero-order valence-corrected chi connectivity index (χ0v) is 10.9. The van der Waals surface area contributed by atoms with Crippen molar-refractivity contribution in [3.63, 3.8) is 0 Å². The first-order valence-corrected chi connectivity index (χ1v) is 6.63. The van der Waals surface area contributed by atoms with Crippen molar-refractivity contribution < 1.29 is 0 Å². The fourth-order valence-electron chi connectivity index (χ4n) is 1.69. The molecule has 0 aliphatic heterocycles. The number of nitrogens with one attached hydrogen (secondary N) is 1. The lowest BCUT2D eigenvalue weighted by Gasteiger charge is -2.28. The number of unbranched alkanes of at least 4 members (excludes halogenated alkanes) is 4. The molecular weight excluding hydrogens is 184 g/mol. The molecule has 0 heterocycles. The van der Waals surface area contributed by atoms with E-state index in [1.165, 1.54) is 51.5 Å². The van der Waals surface area contributed by atoms with Crippen LogP contribution in [0.2, 0.25) is 0 Å². The number of nitrogens with two attached hydrogens (primary N) is 1. The van der Waals surface area contributed by atoms with E-state index in [1.54, 1.807) is 0 Å². The Morgan fingerprint density at radius 1 is 0.933 bits per heavy atom. The van der Waals surface area contributed by atoms with E-state index in [-0.39, 0.29) is 0 Å². The highest BCUT2D eigenvalue weighted by molar-refractivity contribution is 4.79. The molecule has 15 heavy (non-hydrogen) atoms. The third-order valence-electron chi connectivity index (χ3n) is 3.49. The summed E-state index contributed by atoms with van der Waals surface area (Å²) in [5.74, 6) is 0. The van der Waals surface area contributed by atoms with Gasteiger partial charge in [0.05, 0.1) is 0 Å². The zero-order valence-electron chi connectivity index (χ0n) is 10.9. The van der Waals surface area contributed by atoms with Gasteiger partial charge in [0.25, 0.3) is 0 Å². The van der Waals surface area contributed by atoms with Crippen molar-refractivity contribution >= 4 is 0 Å². The predicted octanol–water partition coefficient (Wildman–Crippen LogP) is 3.06. The first-order chi connectivity index (χ1) is 7.18. The van der Waals surface area contributed by atoms with Crippen molar-refractivity contribution in [2.75, 3.05) is 13.1 Å². The maximum atomic E-state index is 5.45. The van der Waals surface area contributed by atoms with Crippen LogP contribution in [-0.4, -0.2) is 18.6 Å². The SMILES string of the molecule is CCC(C)(CC)NCCCCCCCN. The molecule has 0 saturated heterocycles. The Balaban J connectivity index is 3.29. The van der Waals surface area contributed by atoms with Gasteiger partial charge in [-0.3, -0.25) is 0 Å². The second-order valence-corrected chi connectivity index (χ2v) is 4.75. The highest BCUT2D eigenvalue weighted by Crippen LogP contribution is 2.13. The van der Waals surface area contributed by atoms with E-state index in [1.807, 2.05) is 0 Å². The molecule has 0 saturated carbocycles. The Morgan fingerprint density at radius 2 is 1.47 bits per heavy atom. The number of hydrogen-bond donors (Lipinski definition) is 2. The van der Waals surface area contributed by atoms with Crippen LogP contribution >= 0.6 is 0 Å². The predicted molar refractivity (Wildman–Crippen MR) is 69.1 cm³/mol. The van der Waals surface area contributed by atoms with E-state index >= 15 is 0 Å². The van der Waals surface area contributed by atoms with Crippen LogP contribution in [0.1, 0.15) is 65.7 Å². The molecule has 0 fully saturated rings. The van der Waals surface area contributed by atoms with E-state index < -0.39 is 0 Å². The van der Waals surface area contributed by atoms with Gasteiger partial charge in [0.1, 0.15) is 0 Å². The summed E-state index contributed by atoms with van der Waals surface area (Å²) in [6, 6.07) is 0. The first-order valence-electron chi connectivity index (χ1n) is 6.63. The summed E-state index contributed by atoms with van der Waals surface area (Å²) in [6.07, 6.45) is 8.92. The molecule has 0 atom stereocenters. The molecule has 0 radical (unpaired) electrons. The van der Waals surface area contributed by atoms with E-state index in [0.717, 1.165) is 6.54 Å². The lowest BCUT2D eigenvalue weighted by molar-refractivity contribution is 0.328. The van der Waals surface area contributed by atoms with Gasteiger partial charge >= 0.3 is 0 Å². The van der Waals surface area contributed by atoms with Gasteiger partial charge in [-0.1, -0.05) is 33.1 Å². The molecule has 0 rings (SSSR count). The fourth-order valence-corrected chi connectivity index (χ4v) is 1.69. The molecule has 0 bridgehead atoms. The summed E-state index contributed by atoms with van der Waals surface area (Å²) in [7, 11) is 0. The van der Waals surface area contributed by atoms with Gasteiger partial charge in [0, 0.05) is 5.54 Å². The highest BCUT2D eigenvalue weighted by atomic mass is 15.0. The molecule has 0 spiro atoms. The maximum Gasteiger partial charge on any atom is 0.0148 e. The third kappa shape index (κ3) is 7.80. The molecule has 0 unspecified atom stereocenters. The van der Waals surface area contributed by atoms with Crippen molar-refractivity contribution in [3.05, 3.63) is 0 Å². The summed E-state index contributed by atoms with van der Waals surface area (Å²) >= 11 is 0. The molecule has 0 aromatic heterocycles. The van der Waals surface area contributed by atoms with Crippen LogP contribution in [-0.2, 0) is 0 Å². The van der Waals surface area contributed by atoms with Crippen LogP contribution in [0.3, 0.4) is 0 Å². The molecule has 3 N–H and O–H groups in total. The van der Waals surface area contributed by atoms with Crippen LogP contribution in [0.4, 0.5) is 0 Å². The summed E-state index contributed by atoms with van der Waals surface area (Å²) < 4.78 is 0. The Kier molecular flexibility index (Phi) is 9.12. The molecular formula is C13H30N2. The van der Waals surface area contributed by atoms with Gasteiger partial charge in [-0.25, -0.2) is 0 Å². The average Bonchev–Trinajstić information content (AvgIpc) is 2.27. The molecule has 0 amide bonds. The molecule has 92 valence electrons. The van der Waals surface area contributed by atoms with Gasteiger partial charge < -0.3 is 11.1 Å². The topological polar surface area (TPSA) is 38.0 Å². The zero-order chi connectivity index (χ0) is 11.6. The van der Waals surface area contributed by atoms with E-state index in [4.69, 9.17) is 5.73 Å². The second-order valence-electron chi connectivity index (χ2n) is 4.75. The van der Waals surface area contributed by atoms with E-state index in [9.17, 15) is 0 Å². The monoisotopic (exact) mass is 214 g/mol. The van der Waals surface area contributed by atoms with Crippen LogP contribution in [0.25, 0.3) is 0 Å². The van der Waals surface area contributed by atoms with E-state index in [0.29, 0.717) is 5.54 Å². The minimum absolute atomic E-state index is 0.358. The Bertz CT molecular complexity index is 130. The Morgan fingerprint density at radius 3 is 2.00 bits per heavy atom. The lowest BCUT2D eigenvalue weighted by atomic mass is 9.95. The fraction of sp³-hybridized carbons (Fsp3) is 1.00. The molecule has 0 aromatic rings. The van der Waals surface area contributed by atoms with E-state index in [2.05, 4.69) is 26.1 Å².